The molecule has 0 bridgehead atoms. The number of amides is 1. The second-order valence-corrected chi connectivity index (χ2v) is 8.90. The molecule has 1 aliphatic heterocycles. The molecule has 0 spiro atoms. The smallest absolute Gasteiger partial charge is 0.224 e. The van der Waals surface area contributed by atoms with Gasteiger partial charge in [0.2, 0.25) is 5.91 Å². The zero-order valence-corrected chi connectivity index (χ0v) is 19.2. The lowest BCUT2D eigenvalue weighted by Gasteiger charge is -2.32. The summed E-state index contributed by atoms with van der Waals surface area (Å²) in [5.41, 5.74) is 4.83. The lowest BCUT2D eigenvalue weighted by Crippen LogP contribution is -2.44. The van der Waals surface area contributed by atoms with Crippen molar-refractivity contribution in [3.63, 3.8) is 0 Å². The van der Waals surface area contributed by atoms with Gasteiger partial charge in [0, 0.05) is 42.0 Å². The molecule has 0 saturated carbocycles. The molecule has 0 atom stereocenters. The van der Waals surface area contributed by atoms with Crippen molar-refractivity contribution in [2.24, 2.45) is 0 Å². The molecule has 2 aromatic carbocycles. The second-order valence-electron chi connectivity index (χ2n) is 8.46. The first-order chi connectivity index (χ1) is 15.4. The van der Waals surface area contributed by atoms with Crippen LogP contribution in [0, 0.1) is 19.7 Å². The van der Waals surface area contributed by atoms with Crippen molar-refractivity contribution < 1.29 is 9.18 Å². The van der Waals surface area contributed by atoms with Gasteiger partial charge in [-0.1, -0.05) is 23.7 Å². The summed E-state index contributed by atoms with van der Waals surface area (Å²) in [6.45, 7) is 6.56. The number of nitrogens with one attached hydrogen (secondary N) is 1. The third-order valence-corrected chi connectivity index (χ3v) is 6.37. The van der Waals surface area contributed by atoms with Crippen molar-refractivity contribution in [3.8, 4) is 5.69 Å². The summed E-state index contributed by atoms with van der Waals surface area (Å²) in [6, 6.07) is 14.4. The number of carbonyl (C=O) groups excluding carboxylic acids is 1. The maximum absolute atomic E-state index is 13.1. The number of rotatable bonds is 6. The Labute approximate surface area is 193 Å². The lowest BCUT2D eigenvalue weighted by atomic mass is 10.0. The standard InChI is InChI=1S/C25H28ClFN4O/c1-17-24(18(2)31(29-17)23-9-5-20(26)6-10-23)15-25(32)28-22-11-13-30(14-12-22)16-19-3-7-21(27)8-4-19/h3-10,22H,11-16H2,1-2H3,(H,28,32). The van der Waals surface area contributed by atoms with E-state index in [-0.39, 0.29) is 17.8 Å². The van der Waals surface area contributed by atoms with Gasteiger partial charge in [0.15, 0.2) is 0 Å². The Kier molecular flexibility index (Phi) is 6.92. The van der Waals surface area contributed by atoms with Gasteiger partial charge in [0.25, 0.3) is 0 Å². The molecule has 4 rings (SSSR count). The Bertz CT molecular complexity index is 1070. The second kappa shape index (κ2) is 9.84. The van der Waals surface area contributed by atoms with Gasteiger partial charge < -0.3 is 5.32 Å². The largest absolute Gasteiger partial charge is 0.353 e. The van der Waals surface area contributed by atoms with Crippen LogP contribution in [0.4, 0.5) is 4.39 Å². The predicted molar refractivity (Wildman–Crippen MR) is 125 cm³/mol. The fourth-order valence-electron chi connectivity index (χ4n) is 4.29. The molecule has 5 nitrogen and oxygen atoms in total. The molecule has 1 fully saturated rings. The van der Waals surface area contributed by atoms with Crippen LogP contribution >= 0.6 is 11.6 Å². The Morgan fingerprint density at radius 1 is 1.09 bits per heavy atom. The highest BCUT2D eigenvalue weighted by atomic mass is 35.5. The number of likely N-dealkylation sites (tertiary alicyclic amines) is 1. The summed E-state index contributed by atoms with van der Waals surface area (Å²) in [5, 5.41) is 8.51. The van der Waals surface area contributed by atoms with Crippen LogP contribution in [-0.4, -0.2) is 39.7 Å². The maximum Gasteiger partial charge on any atom is 0.224 e. The van der Waals surface area contributed by atoms with Crippen molar-refractivity contribution in [1.29, 1.82) is 0 Å². The summed E-state index contributed by atoms with van der Waals surface area (Å²) >= 11 is 5.99. The molecule has 1 N–H and O–H groups in total. The number of piperidine rings is 1. The van der Waals surface area contributed by atoms with E-state index in [9.17, 15) is 9.18 Å². The highest BCUT2D eigenvalue weighted by molar-refractivity contribution is 6.30. The fraction of sp³-hybridized carbons (Fsp3) is 0.360. The van der Waals surface area contributed by atoms with Gasteiger partial charge in [0.1, 0.15) is 5.82 Å². The van der Waals surface area contributed by atoms with Crippen LogP contribution in [0.15, 0.2) is 48.5 Å². The molecule has 1 aliphatic rings. The molecular weight excluding hydrogens is 427 g/mol. The highest BCUT2D eigenvalue weighted by Crippen LogP contribution is 2.21. The third-order valence-electron chi connectivity index (χ3n) is 6.12. The summed E-state index contributed by atoms with van der Waals surface area (Å²) < 4.78 is 14.9. The fourth-order valence-corrected chi connectivity index (χ4v) is 4.41. The average molecular weight is 455 g/mol. The van der Waals surface area contributed by atoms with Crippen molar-refractivity contribution in [3.05, 3.63) is 81.9 Å². The number of aryl methyl sites for hydroxylation is 1. The summed E-state index contributed by atoms with van der Waals surface area (Å²) in [7, 11) is 0. The zero-order valence-electron chi connectivity index (χ0n) is 18.4. The van der Waals surface area contributed by atoms with Crippen molar-refractivity contribution in [2.75, 3.05) is 13.1 Å². The molecule has 1 aromatic heterocycles. The van der Waals surface area contributed by atoms with Crippen molar-refractivity contribution in [2.45, 2.75) is 45.7 Å². The molecule has 2 heterocycles. The van der Waals surface area contributed by atoms with Gasteiger partial charge >= 0.3 is 0 Å². The molecule has 3 aromatic rings. The van der Waals surface area contributed by atoms with E-state index in [4.69, 9.17) is 11.6 Å². The van der Waals surface area contributed by atoms with Gasteiger partial charge in [0.05, 0.1) is 17.8 Å². The first-order valence-electron chi connectivity index (χ1n) is 11.0. The molecule has 0 radical (unpaired) electrons. The summed E-state index contributed by atoms with van der Waals surface area (Å²) in [5.74, 6) is -0.178. The third kappa shape index (κ3) is 5.37. The van der Waals surface area contributed by atoms with E-state index in [1.54, 1.807) is 0 Å². The van der Waals surface area contributed by atoms with Crippen molar-refractivity contribution in [1.82, 2.24) is 20.0 Å². The van der Waals surface area contributed by atoms with Gasteiger partial charge in [-0.3, -0.25) is 9.69 Å². The van der Waals surface area contributed by atoms with E-state index >= 15 is 0 Å². The molecule has 32 heavy (non-hydrogen) atoms. The predicted octanol–water partition coefficient (Wildman–Crippen LogP) is 4.60. The number of nitrogens with zero attached hydrogens (tertiary/aromatic N) is 3. The van der Waals surface area contributed by atoms with E-state index in [0.29, 0.717) is 11.4 Å². The van der Waals surface area contributed by atoms with E-state index in [1.165, 1.54) is 12.1 Å². The Morgan fingerprint density at radius 3 is 2.41 bits per heavy atom. The van der Waals surface area contributed by atoms with Crippen LogP contribution in [0.5, 0.6) is 0 Å². The average Bonchev–Trinajstić information content (AvgIpc) is 3.05. The van der Waals surface area contributed by atoms with Crippen LogP contribution in [-0.2, 0) is 17.8 Å². The number of carbonyl (C=O) groups is 1. The summed E-state index contributed by atoms with van der Waals surface area (Å²) in [6.07, 6.45) is 2.14. The molecule has 1 amide bonds. The molecule has 1 saturated heterocycles. The van der Waals surface area contributed by atoms with Gasteiger partial charge in [-0.05, 0) is 68.7 Å². The minimum atomic E-state index is -0.209. The van der Waals surface area contributed by atoms with Gasteiger partial charge in [-0.15, -0.1) is 0 Å². The number of hydrogen-bond acceptors (Lipinski definition) is 3. The molecule has 168 valence electrons. The molecular formula is C25H28ClFN4O. The Balaban J connectivity index is 1.31. The number of benzene rings is 2. The van der Waals surface area contributed by atoms with Crippen molar-refractivity contribution >= 4 is 17.5 Å². The SMILES string of the molecule is Cc1nn(-c2ccc(Cl)cc2)c(C)c1CC(=O)NC1CCN(Cc2ccc(F)cc2)CC1. The maximum atomic E-state index is 13.1. The van der Waals surface area contributed by atoms with E-state index in [2.05, 4.69) is 15.3 Å². The molecule has 7 heteroatoms. The number of hydrogen-bond donors (Lipinski definition) is 1. The quantitative estimate of drug-likeness (QED) is 0.592. The molecule has 0 unspecified atom stereocenters. The highest BCUT2D eigenvalue weighted by Gasteiger charge is 2.22. The van der Waals surface area contributed by atoms with Gasteiger partial charge in [-0.2, -0.15) is 5.10 Å². The van der Waals surface area contributed by atoms with E-state index in [0.717, 1.165) is 60.7 Å². The van der Waals surface area contributed by atoms with Gasteiger partial charge in [-0.25, -0.2) is 9.07 Å². The number of aromatic nitrogens is 2. The van der Waals surface area contributed by atoms with Crippen LogP contribution in [0.1, 0.15) is 35.4 Å². The monoisotopic (exact) mass is 454 g/mol. The summed E-state index contributed by atoms with van der Waals surface area (Å²) in [4.78, 5) is 15.1. The zero-order chi connectivity index (χ0) is 22.7. The van der Waals surface area contributed by atoms with Crippen LogP contribution in [0.3, 0.4) is 0 Å². The van der Waals surface area contributed by atoms with Crippen LogP contribution < -0.4 is 5.32 Å². The number of halogens is 2. The molecule has 0 aliphatic carbocycles. The Morgan fingerprint density at radius 2 is 1.75 bits per heavy atom. The minimum absolute atomic E-state index is 0.0313. The lowest BCUT2D eigenvalue weighted by molar-refractivity contribution is -0.121. The minimum Gasteiger partial charge on any atom is -0.353 e. The topological polar surface area (TPSA) is 50.2 Å². The normalized spacial score (nSPS) is 15.1. The van der Waals surface area contributed by atoms with Crippen LogP contribution in [0.25, 0.3) is 5.69 Å². The first kappa shape index (κ1) is 22.5. The van der Waals surface area contributed by atoms with E-state index < -0.39 is 0 Å². The van der Waals surface area contributed by atoms with Crippen LogP contribution in [0.2, 0.25) is 5.02 Å². The van der Waals surface area contributed by atoms with E-state index in [1.807, 2.05) is 54.9 Å². The first-order valence-corrected chi connectivity index (χ1v) is 11.3. The Hall–Kier alpha value is -2.70.